The van der Waals surface area contributed by atoms with Crippen molar-refractivity contribution in [2.45, 2.75) is 44.6 Å². The Morgan fingerprint density at radius 2 is 1.81 bits per heavy atom. The lowest BCUT2D eigenvalue weighted by Crippen LogP contribution is -2.48. The summed E-state index contributed by atoms with van der Waals surface area (Å²) in [6.45, 7) is 1.25. The average molecular weight is 539 g/mol. The Bertz CT molecular complexity index is 1290. The van der Waals surface area contributed by atoms with Crippen LogP contribution in [0.15, 0.2) is 54.6 Å². The third-order valence-electron chi connectivity index (χ3n) is 5.60. The third kappa shape index (κ3) is 6.41. The fraction of sp³-hybridized carbons (Fsp3) is 0.320. The summed E-state index contributed by atoms with van der Waals surface area (Å²) in [4.78, 5) is 30.3. The second kappa shape index (κ2) is 10.8. The number of halogens is 4. The second-order valence-electron chi connectivity index (χ2n) is 8.20. The van der Waals surface area contributed by atoms with Gasteiger partial charge in [-0.15, -0.1) is 13.2 Å². The third-order valence-corrected chi connectivity index (χ3v) is 5.90. The van der Waals surface area contributed by atoms with Gasteiger partial charge in [0.15, 0.2) is 6.10 Å². The maximum Gasteiger partial charge on any atom is 0.573 e. The minimum atomic E-state index is -4.85. The van der Waals surface area contributed by atoms with Gasteiger partial charge in [-0.05, 0) is 42.5 Å². The molecule has 4 rings (SSSR count). The van der Waals surface area contributed by atoms with Crippen LogP contribution in [-0.2, 0) is 23.8 Å². The predicted octanol–water partition coefficient (Wildman–Crippen LogP) is 5.53. The minimum Gasteiger partial charge on any atom is -0.467 e. The van der Waals surface area contributed by atoms with Crippen LogP contribution < -0.4 is 9.64 Å². The molecule has 3 aromatic rings. The van der Waals surface area contributed by atoms with E-state index in [1.807, 2.05) is 6.07 Å². The monoisotopic (exact) mass is 538 g/mol. The summed E-state index contributed by atoms with van der Waals surface area (Å²) in [5.41, 5.74) is 0.867. The van der Waals surface area contributed by atoms with E-state index >= 15 is 0 Å². The van der Waals surface area contributed by atoms with E-state index in [1.54, 1.807) is 29.2 Å². The summed E-state index contributed by atoms with van der Waals surface area (Å²) < 4.78 is 58.3. The number of esters is 2. The van der Waals surface area contributed by atoms with E-state index in [1.165, 1.54) is 26.2 Å². The van der Waals surface area contributed by atoms with Crippen molar-refractivity contribution in [2.24, 2.45) is 0 Å². The molecule has 3 atom stereocenters. The molecular weight excluding hydrogens is 517 g/mol. The van der Waals surface area contributed by atoms with Crippen molar-refractivity contribution >= 4 is 45.9 Å². The number of carbonyl (C=O) groups is 2. The van der Waals surface area contributed by atoms with Crippen molar-refractivity contribution in [3.63, 3.8) is 0 Å². The maximum absolute atomic E-state index is 12.7. The van der Waals surface area contributed by atoms with Crippen molar-refractivity contribution in [3.05, 3.63) is 59.6 Å². The number of hydrogen-bond donors (Lipinski definition) is 0. The van der Waals surface area contributed by atoms with E-state index in [4.69, 9.17) is 25.8 Å². The van der Waals surface area contributed by atoms with E-state index in [0.29, 0.717) is 22.0 Å². The van der Waals surface area contributed by atoms with Crippen LogP contribution in [0.4, 0.5) is 24.7 Å². The fourth-order valence-corrected chi connectivity index (χ4v) is 4.35. The zero-order chi connectivity index (χ0) is 26.7. The molecule has 8 nitrogen and oxygen atoms in total. The molecule has 0 saturated carbocycles. The van der Waals surface area contributed by atoms with Gasteiger partial charge in [0.2, 0.25) is 0 Å². The van der Waals surface area contributed by atoms with Crippen LogP contribution in [0.2, 0.25) is 5.02 Å². The Hall–Kier alpha value is -3.57. The van der Waals surface area contributed by atoms with Gasteiger partial charge in [-0.3, -0.25) is 9.69 Å². The molecule has 3 unspecified atom stereocenters. The lowest BCUT2D eigenvalue weighted by molar-refractivity contribution is -0.274. The molecule has 0 radical (unpaired) electrons. The van der Waals surface area contributed by atoms with E-state index in [0.717, 1.165) is 17.5 Å². The molecule has 2 heterocycles. The van der Waals surface area contributed by atoms with E-state index in [2.05, 4.69) is 9.72 Å². The molecule has 0 spiro atoms. The molecule has 1 aromatic heterocycles. The number of nitrogens with zero attached hydrogens (tertiary/aromatic N) is 2. The van der Waals surface area contributed by atoms with Crippen LogP contribution in [0.1, 0.15) is 19.8 Å². The lowest BCUT2D eigenvalue weighted by Gasteiger charge is -2.40. The summed E-state index contributed by atoms with van der Waals surface area (Å²) in [5, 5.41) is 1.16. The molecule has 1 aliphatic heterocycles. The molecule has 196 valence electrons. The molecule has 0 N–H and O–H groups in total. The average Bonchev–Trinajstić information content (AvgIpc) is 2.84. The van der Waals surface area contributed by atoms with Crippen LogP contribution in [0.25, 0.3) is 10.9 Å². The molecule has 0 aliphatic carbocycles. The van der Waals surface area contributed by atoms with Crippen molar-refractivity contribution in [1.29, 1.82) is 0 Å². The van der Waals surface area contributed by atoms with Crippen molar-refractivity contribution in [1.82, 2.24) is 4.98 Å². The van der Waals surface area contributed by atoms with Crippen LogP contribution >= 0.6 is 11.6 Å². The summed E-state index contributed by atoms with van der Waals surface area (Å²) in [6, 6.07) is 13.8. The van der Waals surface area contributed by atoms with Crippen LogP contribution in [-0.4, -0.2) is 48.8 Å². The minimum absolute atomic E-state index is 0.0753. The number of aromatic nitrogens is 1. The number of hydrogen-bond acceptors (Lipinski definition) is 8. The molecule has 0 amide bonds. The first kappa shape index (κ1) is 26.5. The number of para-hydroxylation sites is 1. The number of benzene rings is 2. The van der Waals surface area contributed by atoms with E-state index in [-0.39, 0.29) is 12.8 Å². The van der Waals surface area contributed by atoms with Crippen molar-refractivity contribution in [2.75, 3.05) is 12.0 Å². The largest absolute Gasteiger partial charge is 0.573 e. The van der Waals surface area contributed by atoms with Gasteiger partial charge in [-0.1, -0.05) is 23.7 Å². The molecule has 1 aliphatic rings. The standard InChI is InChI=1S/C25H22ClF3N2O6/c1-14(32)35-18-12-20(24(33)34-2)36-22(13-18)31(16-7-9-17(10-8-16)37-25(27,28)29)21-11-6-15-4-3-5-19(26)23(15)30-21/h3-11,18,20,22H,12-13H2,1-2H3. The van der Waals surface area contributed by atoms with Gasteiger partial charge in [0.05, 0.1) is 17.6 Å². The Morgan fingerprint density at radius 1 is 1.08 bits per heavy atom. The van der Waals surface area contributed by atoms with Crippen molar-refractivity contribution < 1.29 is 41.7 Å². The van der Waals surface area contributed by atoms with Gasteiger partial charge in [0.1, 0.15) is 23.9 Å². The molecule has 1 saturated heterocycles. The highest BCUT2D eigenvalue weighted by atomic mass is 35.5. The summed E-state index contributed by atoms with van der Waals surface area (Å²) >= 11 is 6.36. The van der Waals surface area contributed by atoms with Gasteiger partial charge in [-0.2, -0.15) is 0 Å². The molecular formula is C25H22ClF3N2O6. The van der Waals surface area contributed by atoms with Gasteiger partial charge in [0, 0.05) is 30.8 Å². The topological polar surface area (TPSA) is 87.2 Å². The van der Waals surface area contributed by atoms with E-state index in [9.17, 15) is 22.8 Å². The first-order valence-electron chi connectivity index (χ1n) is 11.1. The van der Waals surface area contributed by atoms with Crippen LogP contribution in [0, 0.1) is 0 Å². The molecule has 12 heteroatoms. The lowest BCUT2D eigenvalue weighted by atomic mass is 10.0. The predicted molar refractivity (Wildman–Crippen MR) is 127 cm³/mol. The number of methoxy groups -OCH3 is 1. The molecule has 2 aromatic carbocycles. The summed E-state index contributed by atoms with van der Waals surface area (Å²) in [5.74, 6) is -1.28. The van der Waals surface area contributed by atoms with E-state index < -0.39 is 42.5 Å². The highest BCUT2D eigenvalue weighted by Gasteiger charge is 2.40. The highest BCUT2D eigenvalue weighted by molar-refractivity contribution is 6.35. The second-order valence-corrected chi connectivity index (χ2v) is 8.61. The normalized spacial score (nSPS) is 19.8. The Morgan fingerprint density at radius 3 is 2.46 bits per heavy atom. The van der Waals surface area contributed by atoms with Gasteiger partial charge >= 0.3 is 18.3 Å². The summed E-state index contributed by atoms with van der Waals surface area (Å²) in [7, 11) is 1.21. The number of fused-ring (bicyclic) bond motifs is 1. The highest BCUT2D eigenvalue weighted by Crippen LogP contribution is 2.36. The smallest absolute Gasteiger partial charge is 0.467 e. The van der Waals surface area contributed by atoms with Gasteiger partial charge in [0.25, 0.3) is 0 Å². The number of rotatable bonds is 6. The Balaban J connectivity index is 1.78. The van der Waals surface area contributed by atoms with Gasteiger partial charge in [-0.25, -0.2) is 9.78 Å². The number of carbonyl (C=O) groups excluding carboxylic acids is 2. The van der Waals surface area contributed by atoms with Crippen LogP contribution in [0.5, 0.6) is 5.75 Å². The number of anilines is 2. The zero-order valence-corrected chi connectivity index (χ0v) is 20.5. The number of pyridine rings is 1. The van der Waals surface area contributed by atoms with Gasteiger partial charge < -0.3 is 18.9 Å². The Labute approximate surface area is 214 Å². The quantitative estimate of drug-likeness (QED) is 0.378. The fourth-order valence-electron chi connectivity index (χ4n) is 4.13. The van der Waals surface area contributed by atoms with Crippen molar-refractivity contribution in [3.8, 4) is 5.75 Å². The van der Waals surface area contributed by atoms with Crippen LogP contribution in [0.3, 0.4) is 0 Å². The zero-order valence-electron chi connectivity index (χ0n) is 19.7. The SMILES string of the molecule is COC(=O)C1CC(OC(C)=O)CC(N(c2ccc(OC(F)(F)F)cc2)c2ccc3cccc(Cl)c3n2)O1. The molecule has 1 fully saturated rings. The number of ether oxygens (including phenoxy) is 4. The molecule has 0 bridgehead atoms. The maximum atomic E-state index is 12.7. The first-order valence-corrected chi connectivity index (χ1v) is 11.5. The Kier molecular flexibility index (Phi) is 7.74. The molecule has 37 heavy (non-hydrogen) atoms. The summed E-state index contributed by atoms with van der Waals surface area (Å²) in [6.07, 6.45) is -7.31. The first-order chi connectivity index (χ1) is 17.5. The number of alkyl halides is 3.